The maximum Gasteiger partial charge on any atom is 0.137 e. The first-order chi connectivity index (χ1) is 50.8. The van der Waals surface area contributed by atoms with E-state index in [4.69, 9.17) is 9.15 Å². The third kappa shape index (κ3) is 12.0. The van der Waals surface area contributed by atoms with Gasteiger partial charge in [0.05, 0.1) is 0 Å². The standard InChI is InChI=1S/C37H29NO.C36H25N.C24H15NOS/c1-37(2)32-17-8-9-18-35(32)39-36-24-28(20-21-33(36)37)38-34-22-19-27(23-31(34)26-11-4-3-5-12-26)30-16-10-14-25-13-6-7-15-29(25)30;1-3-11-25(12-4-1)29-21-19-27(23-35(29)26-13-5-2-6-14-26)37-28-20-22-34-32-17-8-7-15-30(32)31-16-9-10-18-33(31)36(34)24-28;1-3-7-21-17(5-1)18-11-9-16(14-22(18)26-21)25-15-10-12-24-20(13-15)19-6-2-4-8-23(19)27-24/h3-24,38H,1-2H3;1-24,37H;1-14,25H. The van der Waals surface area contributed by atoms with Gasteiger partial charge in [0.2, 0.25) is 0 Å². The predicted molar refractivity (Wildman–Crippen MR) is 439 cm³/mol. The minimum Gasteiger partial charge on any atom is -0.457 e. The second-order valence-corrected chi connectivity index (χ2v) is 28.0. The maximum absolute atomic E-state index is 6.38. The molecule has 2 aromatic heterocycles. The molecule has 0 unspecified atom stereocenters. The van der Waals surface area contributed by atoms with E-state index in [1.165, 1.54) is 113 Å². The van der Waals surface area contributed by atoms with E-state index in [1.807, 2.05) is 35.6 Å². The minimum atomic E-state index is -0.127. The predicted octanol–water partition coefficient (Wildman–Crippen LogP) is 28.3. The van der Waals surface area contributed by atoms with Crippen molar-refractivity contribution in [2.24, 2.45) is 0 Å². The van der Waals surface area contributed by atoms with Gasteiger partial charge in [-0.15, -0.1) is 11.3 Å². The fourth-order valence-corrected chi connectivity index (χ4v) is 16.2. The van der Waals surface area contributed by atoms with Gasteiger partial charge in [-0.3, -0.25) is 0 Å². The molecule has 6 heteroatoms. The number of thiophene rings is 1. The van der Waals surface area contributed by atoms with Gasteiger partial charge in [-0.1, -0.05) is 275 Å². The zero-order valence-electron chi connectivity index (χ0n) is 56.9. The molecule has 0 fully saturated rings. The summed E-state index contributed by atoms with van der Waals surface area (Å²) < 4.78 is 15.0. The molecule has 1 aliphatic heterocycles. The van der Waals surface area contributed by atoms with Crippen molar-refractivity contribution in [1.29, 1.82) is 0 Å². The normalized spacial score (nSPS) is 12.1. The highest BCUT2D eigenvalue weighted by Crippen LogP contribution is 2.50. The topological polar surface area (TPSA) is 58.5 Å². The lowest BCUT2D eigenvalue weighted by Crippen LogP contribution is -2.24. The van der Waals surface area contributed by atoms with Gasteiger partial charge < -0.3 is 25.1 Å². The Labute approximate surface area is 602 Å². The zero-order valence-corrected chi connectivity index (χ0v) is 57.7. The summed E-state index contributed by atoms with van der Waals surface area (Å²) in [6.45, 7) is 4.53. The molecular weight excluding hydrogens is 1270 g/mol. The summed E-state index contributed by atoms with van der Waals surface area (Å²) in [5, 5.41) is 26.1. The van der Waals surface area contributed by atoms with Crippen molar-refractivity contribution < 1.29 is 9.15 Å². The number of benzene rings is 17. The Morgan fingerprint density at radius 1 is 0.252 bits per heavy atom. The van der Waals surface area contributed by atoms with Crippen LogP contribution < -0.4 is 20.7 Å². The molecule has 490 valence electrons. The molecule has 5 nitrogen and oxygen atoms in total. The van der Waals surface area contributed by atoms with Gasteiger partial charge >= 0.3 is 0 Å². The molecule has 0 aliphatic carbocycles. The molecule has 3 heterocycles. The second-order valence-electron chi connectivity index (χ2n) is 26.9. The lowest BCUT2D eigenvalue weighted by atomic mass is 9.76. The Hall–Kier alpha value is -13.0. The number of para-hydroxylation sites is 2. The molecule has 1 aliphatic rings. The lowest BCUT2D eigenvalue weighted by molar-refractivity contribution is 0.418. The van der Waals surface area contributed by atoms with E-state index in [1.54, 1.807) is 0 Å². The Kier molecular flexibility index (Phi) is 16.1. The van der Waals surface area contributed by atoms with E-state index in [0.29, 0.717) is 0 Å². The first kappa shape index (κ1) is 62.3. The van der Waals surface area contributed by atoms with Crippen molar-refractivity contribution in [3.8, 4) is 56.0 Å². The van der Waals surface area contributed by atoms with Crippen LogP contribution in [0.25, 0.3) is 130 Å². The van der Waals surface area contributed by atoms with Crippen molar-refractivity contribution in [2.45, 2.75) is 19.3 Å². The second kappa shape index (κ2) is 26.6. The molecule has 0 bridgehead atoms. The summed E-state index contributed by atoms with van der Waals surface area (Å²) in [5.41, 5.74) is 20.1. The SMILES string of the molecule is CC1(C)c2ccccc2Oc2cc(Nc3ccc(-c4cccc5ccccc45)cc3-c3ccccc3)ccc21.c1ccc(-c2ccc(Nc3ccc4c5ccccc5c5ccccc5c4c3)cc2-c2ccccc2)cc1.c1ccc2c(c1)oc1cc(Nc3ccc4sc5ccccc5c4c3)ccc12. The van der Waals surface area contributed by atoms with E-state index in [9.17, 15) is 0 Å². The van der Waals surface area contributed by atoms with Gasteiger partial charge in [-0.2, -0.15) is 0 Å². The average molecular weight is 1340 g/mol. The number of furan rings is 1. The number of anilines is 6. The zero-order chi connectivity index (χ0) is 68.8. The van der Waals surface area contributed by atoms with Crippen LogP contribution >= 0.6 is 11.3 Å². The number of hydrogen-bond donors (Lipinski definition) is 3. The molecule has 20 rings (SSSR count). The van der Waals surface area contributed by atoms with Crippen LogP contribution in [0.4, 0.5) is 34.1 Å². The van der Waals surface area contributed by atoms with Crippen LogP contribution in [0, 0.1) is 0 Å². The highest BCUT2D eigenvalue weighted by atomic mass is 32.1. The van der Waals surface area contributed by atoms with Crippen LogP contribution in [0.3, 0.4) is 0 Å². The van der Waals surface area contributed by atoms with Gasteiger partial charge in [0.15, 0.2) is 0 Å². The molecule has 0 saturated carbocycles. The summed E-state index contributed by atoms with van der Waals surface area (Å²) in [7, 11) is 0. The highest BCUT2D eigenvalue weighted by molar-refractivity contribution is 7.25. The van der Waals surface area contributed by atoms with Gasteiger partial charge in [0, 0.05) is 99.3 Å². The summed E-state index contributed by atoms with van der Waals surface area (Å²) in [6.07, 6.45) is 0. The molecule has 3 N–H and O–H groups in total. The quantitative estimate of drug-likeness (QED) is 0.119. The molecule has 0 atom stereocenters. The minimum absolute atomic E-state index is 0.127. The molecule has 19 aromatic rings. The smallest absolute Gasteiger partial charge is 0.137 e. The summed E-state index contributed by atoms with van der Waals surface area (Å²) in [6, 6.07) is 129. The fourth-order valence-electron chi connectivity index (χ4n) is 15.1. The summed E-state index contributed by atoms with van der Waals surface area (Å²) in [5.74, 6) is 1.83. The number of nitrogens with one attached hydrogen (secondary N) is 3. The van der Waals surface area contributed by atoms with E-state index in [2.05, 4.69) is 370 Å². The van der Waals surface area contributed by atoms with Crippen molar-refractivity contribution >= 4 is 131 Å². The van der Waals surface area contributed by atoms with Crippen LogP contribution in [0.5, 0.6) is 11.5 Å². The van der Waals surface area contributed by atoms with Crippen molar-refractivity contribution in [2.75, 3.05) is 16.0 Å². The Balaban J connectivity index is 0.000000112. The van der Waals surface area contributed by atoms with Crippen LogP contribution in [-0.4, -0.2) is 0 Å². The molecule has 0 spiro atoms. The Morgan fingerprint density at radius 3 is 1.47 bits per heavy atom. The summed E-state index contributed by atoms with van der Waals surface area (Å²) in [4.78, 5) is 0. The monoisotopic (exact) mass is 1340 g/mol. The average Bonchev–Trinajstić information content (AvgIpc) is 1.67. The Morgan fingerprint density at radius 2 is 0.738 bits per heavy atom. The lowest BCUT2D eigenvalue weighted by Gasteiger charge is -2.34. The van der Waals surface area contributed by atoms with Gasteiger partial charge in [-0.25, -0.2) is 0 Å². The third-order valence-electron chi connectivity index (χ3n) is 20.2. The Bertz CT molecular complexity index is 6370. The maximum atomic E-state index is 6.38. The number of fused-ring (bicyclic) bond motifs is 15. The third-order valence-corrected chi connectivity index (χ3v) is 21.3. The molecule has 0 amide bonds. The first-order valence-electron chi connectivity index (χ1n) is 35.1. The molecular formula is C97H69N3O2S. The number of hydrogen-bond acceptors (Lipinski definition) is 6. The van der Waals surface area contributed by atoms with Crippen LogP contribution in [0.1, 0.15) is 25.0 Å². The van der Waals surface area contributed by atoms with Crippen LogP contribution in [0.15, 0.2) is 368 Å². The van der Waals surface area contributed by atoms with E-state index in [0.717, 1.165) is 73.1 Å². The van der Waals surface area contributed by atoms with Crippen molar-refractivity contribution in [1.82, 2.24) is 0 Å². The van der Waals surface area contributed by atoms with Gasteiger partial charge in [0.25, 0.3) is 0 Å². The highest BCUT2D eigenvalue weighted by Gasteiger charge is 2.34. The van der Waals surface area contributed by atoms with Crippen molar-refractivity contribution in [3.05, 3.63) is 375 Å². The number of rotatable bonds is 10. The summed E-state index contributed by atoms with van der Waals surface area (Å²) >= 11 is 1.84. The van der Waals surface area contributed by atoms with Gasteiger partial charge in [0.1, 0.15) is 22.7 Å². The van der Waals surface area contributed by atoms with Crippen molar-refractivity contribution in [3.63, 3.8) is 0 Å². The van der Waals surface area contributed by atoms with E-state index >= 15 is 0 Å². The fraction of sp³-hybridized carbons (Fsp3) is 0.0309. The molecule has 103 heavy (non-hydrogen) atoms. The van der Waals surface area contributed by atoms with Crippen LogP contribution in [0.2, 0.25) is 0 Å². The largest absolute Gasteiger partial charge is 0.457 e. The molecule has 0 saturated heterocycles. The van der Waals surface area contributed by atoms with Crippen LogP contribution in [-0.2, 0) is 5.41 Å². The molecule has 17 aromatic carbocycles. The van der Waals surface area contributed by atoms with Gasteiger partial charge in [-0.05, 0) is 173 Å². The first-order valence-corrected chi connectivity index (χ1v) is 35.9. The number of ether oxygens (including phenoxy) is 1. The van der Waals surface area contributed by atoms with E-state index in [-0.39, 0.29) is 5.41 Å². The molecule has 0 radical (unpaired) electrons. The van der Waals surface area contributed by atoms with E-state index < -0.39 is 0 Å².